The smallest absolute Gasteiger partial charge is 0.301 e. The van der Waals surface area contributed by atoms with Crippen molar-refractivity contribution in [3.05, 3.63) is 76.5 Å². The van der Waals surface area contributed by atoms with Gasteiger partial charge >= 0.3 is 6.18 Å². The molecule has 188 valence electrons. The second-order valence-corrected chi connectivity index (χ2v) is 8.60. The molecule has 1 aromatic heterocycles. The fraction of sp³-hybridized carbons (Fsp3) is 0.240. The average molecular weight is 506 g/mol. The van der Waals surface area contributed by atoms with Crippen molar-refractivity contribution in [2.75, 3.05) is 30.9 Å². The van der Waals surface area contributed by atoms with Gasteiger partial charge in [-0.05, 0) is 56.9 Å². The number of likely N-dealkylation sites (N-methyl/N-ethyl adjacent to an activating group) is 1. The van der Waals surface area contributed by atoms with Crippen LogP contribution in [-0.2, 0) is 11.0 Å². The number of alkyl halides is 3. The average Bonchev–Trinajstić information content (AvgIpc) is 3.24. The molecule has 1 N–H and O–H groups in total. The Morgan fingerprint density at radius 3 is 2.43 bits per heavy atom. The van der Waals surface area contributed by atoms with E-state index in [2.05, 4.69) is 21.5 Å². The van der Waals surface area contributed by atoms with Gasteiger partial charge in [-0.3, -0.25) is 15.0 Å². The molecule has 1 aliphatic rings. The van der Waals surface area contributed by atoms with Crippen LogP contribution in [0.5, 0.6) is 0 Å². The molecule has 0 bridgehead atoms. The molecule has 3 aromatic rings. The molecule has 0 unspecified atom stereocenters. The summed E-state index contributed by atoms with van der Waals surface area (Å²) in [4.78, 5) is 19.9. The number of hydrogen-bond donors (Lipinski definition) is 1. The van der Waals surface area contributed by atoms with E-state index in [4.69, 9.17) is 5.26 Å². The van der Waals surface area contributed by atoms with Gasteiger partial charge in [-0.15, -0.1) is 5.10 Å². The van der Waals surface area contributed by atoms with Crippen molar-refractivity contribution in [1.29, 1.82) is 10.5 Å². The van der Waals surface area contributed by atoms with Crippen molar-refractivity contribution in [2.24, 2.45) is 0 Å². The van der Waals surface area contributed by atoms with E-state index in [-0.39, 0.29) is 29.7 Å². The van der Waals surface area contributed by atoms with E-state index in [0.717, 1.165) is 12.1 Å². The van der Waals surface area contributed by atoms with Crippen molar-refractivity contribution in [2.45, 2.75) is 19.1 Å². The summed E-state index contributed by atoms with van der Waals surface area (Å²) < 4.78 is 41.8. The normalized spacial score (nSPS) is 15.3. The van der Waals surface area contributed by atoms with E-state index in [1.165, 1.54) is 21.7 Å². The number of rotatable bonds is 5. The van der Waals surface area contributed by atoms with Crippen molar-refractivity contribution in [3.8, 4) is 12.1 Å². The van der Waals surface area contributed by atoms with Gasteiger partial charge in [0.25, 0.3) is 5.95 Å². The third-order valence-electron chi connectivity index (χ3n) is 5.68. The van der Waals surface area contributed by atoms with E-state index in [9.17, 15) is 23.2 Å². The molecule has 4 rings (SSSR count). The lowest BCUT2D eigenvalue weighted by Gasteiger charge is -2.34. The molecule has 0 radical (unpaired) electrons. The number of carbonyl (C=O) groups excluding carboxylic acids is 1. The summed E-state index contributed by atoms with van der Waals surface area (Å²) in [5.74, 6) is -0.339. The van der Waals surface area contributed by atoms with Gasteiger partial charge in [0, 0.05) is 11.4 Å². The molecule has 0 saturated carbocycles. The van der Waals surface area contributed by atoms with Crippen LogP contribution in [-0.4, -0.2) is 46.2 Å². The summed E-state index contributed by atoms with van der Waals surface area (Å²) in [6.45, 7) is 1.67. The summed E-state index contributed by atoms with van der Waals surface area (Å²) in [7, 11) is 3.43. The maximum atomic E-state index is 13.5. The van der Waals surface area contributed by atoms with Crippen LogP contribution in [0.2, 0.25) is 0 Å². The number of aromatic nitrogens is 3. The SMILES string of the molecule is CC1=C(C#N)[C@@H](c2ccc(C#N)cc2)n2nc(NC(=O)CN(C)C)nc2N1c1cccc(C(F)(F)F)c1. The zero-order valence-corrected chi connectivity index (χ0v) is 20.1. The maximum absolute atomic E-state index is 13.5. The number of hydrogen-bond acceptors (Lipinski definition) is 7. The molecular weight excluding hydrogens is 485 g/mol. The predicted octanol–water partition coefficient (Wildman–Crippen LogP) is 4.21. The summed E-state index contributed by atoms with van der Waals surface area (Å²) in [6, 6.07) is 14.6. The largest absolute Gasteiger partial charge is 0.416 e. The quantitative estimate of drug-likeness (QED) is 0.552. The highest BCUT2D eigenvalue weighted by atomic mass is 19.4. The third kappa shape index (κ3) is 5.01. The second-order valence-electron chi connectivity index (χ2n) is 8.60. The molecule has 1 atom stereocenters. The topological polar surface area (TPSA) is 114 Å². The summed E-state index contributed by atoms with van der Waals surface area (Å²) >= 11 is 0. The minimum absolute atomic E-state index is 0.0565. The molecule has 2 aromatic carbocycles. The van der Waals surface area contributed by atoms with E-state index < -0.39 is 23.7 Å². The monoisotopic (exact) mass is 506 g/mol. The van der Waals surface area contributed by atoms with Gasteiger partial charge < -0.3 is 4.90 Å². The van der Waals surface area contributed by atoms with Crippen molar-refractivity contribution in [3.63, 3.8) is 0 Å². The molecule has 1 amide bonds. The fourth-order valence-electron chi connectivity index (χ4n) is 4.06. The van der Waals surface area contributed by atoms with Gasteiger partial charge in [0.1, 0.15) is 6.04 Å². The van der Waals surface area contributed by atoms with Gasteiger partial charge in [0.05, 0.1) is 35.4 Å². The molecule has 0 spiro atoms. The lowest BCUT2D eigenvalue weighted by Crippen LogP contribution is -2.31. The molecule has 0 saturated heterocycles. The summed E-state index contributed by atoms with van der Waals surface area (Å²) in [5.41, 5.74) is 0.845. The van der Waals surface area contributed by atoms with Crippen molar-refractivity contribution < 1.29 is 18.0 Å². The van der Waals surface area contributed by atoms with E-state index in [0.29, 0.717) is 16.8 Å². The zero-order valence-electron chi connectivity index (χ0n) is 20.1. The van der Waals surface area contributed by atoms with Crippen LogP contribution in [0.15, 0.2) is 59.8 Å². The van der Waals surface area contributed by atoms with E-state index >= 15 is 0 Å². The van der Waals surface area contributed by atoms with E-state index in [1.807, 2.05) is 6.07 Å². The van der Waals surface area contributed by atoms with Gasteiger partial charge in [0.2, 0.25) is 11.9 Å². The number of nitrogens with one attached hydrogen (secondary N) is 1. The molecule has 9 nitrogen and oxygen atoms in total. The first-order valence-corrected chi connectivity index (χ1v) is 11.0. The predicted molar refractivity (Wildman–Crippen MR) is 128 cm³/mol. The molecule has 12 heteroatoms. The molecular formula is C25H21F3N8O. The number of carbonyl (C=O) groups is 1. The Morgan fingerprint density at radius 2 is 1.84 bits per heavy atom. The first-order chi connectivity index (χ1) is 17.5. The molecule has 2 heterocycles. The Morgan fingerprint density at radius 1 is 1.14 bits per heavy atom. The molecule has 1 aliphatic heterocycles. The Labute approximate surface area is 210 Å². The minimum Gasteiger partial charge on any atom is -0.301 e. The highest BCUT2D eigenvalue weighted by molar-refractivity contribution is 5.90. The fourth-order valence-corrected chi connectivity index (χ4v) is 4.06. The number of allylic oxidation sites excluding steroid dienone is 2. The first kappa shape index (κ1) is 25.4. The zero-order chi connectivity index (χ0) is 26.9. The Hall–Kier alpha value is -4.68. The number of nitriles is 2. The van der Waals surface area contributed by atoms with Crippen LogP contribution < -0.4 is 10.2 Å². The number of fused-ring (bicyclic) bond motifs is 1. The maximum Gasteiger partial charge on any atom is 0.416 e. The van der Waals surface area contributed by atoms with Gasteiger partial charge in [-0.25, -0.2) is 4.68 Å². The molecule has 37 heavy (non-hydrogen) atoms. The van der Waals surface area contributed by atoms with Crippen LogP contribution in [0.3, 0.4) is 0 Å². The van der Waals surface area contributed by atoms with Crippen LogP contribution in [0.25, 0.3) is 0 Å². The highest BCUT2D eigenvalue weighted by Crippen LogP contribution is 2.43. The van der Waals surface area contributed by atoms with Crippen LogP contribution in [0.4, 0.5) is 30.8 Å². The number of halogens is 3. The van der Waals surface area contributed by atoms with E-state index in [1.54, 1.807) is 50.2 Å². The lowest BCUT2D eigenvalue weighted by atomic mass is 9.95. The standard InChI is InChI=1S/C25H21F3N8O/c1-15-20(13-30)22(17-9-7-16(12-29)8-10-17)36-24(32-23(33-36)31-21(37)14-34(2)3)35(15)19-6-4-5-18(11-19)25(26,27)28/h4-11,22H,14H2,1-3H3,(H,31,33,37)/t22-/m1/s1. The Balaban J connectivity index is 1.90. The first-order valence-electron chi connectivity index (χ1n) is 11.0. The Kier molecular flexibility index (Phi) is 6.70. The van der Waals surface area contributed by atoms with Crippen molar-refractivity contribution in [1.82, 2.24) is 19.7 Å². The van der Waals surface area contributed by atoms with Crippen LogP contribution in [0, 0.1) is 22.7 Å². The lowest BCUT2D eigenvalue weighted by molar-refractivity contribution is -0.137. The Bertz CT molecular complexity index is 1460. The molecule has 0 fully saturated rings. The summed E-state index contributed by atoms with van der Waals surface area (Å²) in [5, 5.41) is 26.3. The highest BCUT2D eigenvalue weighted by Gasteiger charge is 2.37. The number of nitrogens with zero attached hydrogens (tertiary/aromatic N) is 7. The summed E-state index contributed by atoms with van der Waals surface area (Å²) in [6.07, 6.45) is -4.58. The third-order valence-corrected chi connectivity index (χ3v) is 5.68. The van der Waals surface area contributed by atoms with Crippen LogP contribution in [0.1, 0.15) is 29.7 Å². The number of anilines is 3. The van der Waals surface area contributed by atoms with Gasteiger partial charge in [-0.1, -0.05) is 18.2 Å². The van der Waals surface area contributed by atoms with Gasteiger partial charge in [-0.2, -0.15) is 28.7 Å². The second kappa shape index (κ2) is 9.76. The molecule has 0 aliphatic carbocycles. The van der Waals surface area contributed by atoms with Crippen LogP contribution >= 0.6 is 0 Å². The number of amides is 1. The van der Waals surface area contributed by atoms with Gasteiger partial charge in [0.15, 0.2) is 0 Å². The van der Waals surface area contributed by atoms with Crippen molar-refractivity contribution >= 4 is 23.5 Å². The minimum atomic E-state index is -4.58. The number of benzene rings is 2.